The molecule has 1 aliphatic heterocycles. The summed E-state index contributed by atoms with van der Waals surface area (Å²) in [4.78, 5) is 47.4. The molecule has 3 amide bonds. The van der Waals surface area contributed by atoms with Crippen molar-refractivity contribution in [2.24, 2.45) is 0 Å². The summed E-state index contributed by atoms with van der Waals surface area (Å²) in [5, 5.41) is 13.0. The van der Waals surface area contributed by atoms with Gasteiger partial charge in [0, 0.05) is 24.7 Å². The summed E-state index contributed by atoms with van der Waals surface area (Å²) >= 11 is 0.839. The summed E-state index contributed by atoms with van der Waals surface area (Å²) in [7, 11) is 0. The van der Waals surface area contributed by atoms with Gasteiger partial charge in [-0.2, -0.15) is 0 Å². The van der Waals surface area contributed by atoms with Crippen LogP contribution < -0.4 is 5.32 Å². The molecule has 0 radical (unpaired) electrons. The van der Waals surface area contributed by atoms with Gasteiger partial charge in [-0.1, -0.05) is 24.3 Å². The molecule has 1 heterocycles. The molecule has 2 aromatic carbocycles. The lowest BCUT2D eigenvalue weighted by atomic mass is 10.1. The lowest BCUT2D eigenvalue weighted by Crippen LogP contribution is -2.27. The number of hydrogen-bond acceptors (Lipinski definition) is 6. The van der Waals surface area contributed by atoms with Crippen molar-refractivity contribution >= 4 is 46.3 Å². The van der Waals surface area contributed by atoms with Crippen LogP contribution in [-0.4, -0.2) is 26.9 Å². The van der Waals surface area contributed by atoms with E-state index in [1.165, 1.54) is 31.2 Å². The maximum atomic E-state index is 12.6. The van der Waals surface area contributed by atoms with Crippen LogP contribution in [0.4, 0.5) is 16.2 Å². The Balaban J connectivity index is 1.72. The van der Waals surface area contributed by atoms with Crippen LogP contribution in [0.5, 0.6) is 0 Å². The molecule has 0 aromatic heterocycles. The Morgan fingerprint density at radius 1 is 1.14 bits per heavy atom. The molecular weight excluding hydrogens is 382 g/mol. The van der Waals surface area contributed by atoms with Crippen molar-refractivity contribution in [2.45, 2.75) is 13.5 Å². The van der Waals surface area contributed by atoms with E-state index in [1.54, 1.807) is 30.3 Å². The molecule has 1 saturated heterocycles. The number of thioether (sulfide) groups is 1. The van der Waals surface area contributed by atoms with Crippen molar-refractivity contribution in [3.05, 3.63) is 74.7 Å². The first-order valence-electron chi connectivity index (χ1n) is 8.20. The van der Waals surface area contributed by atoms with Gasteiger partial charge in [-0.05, 0) is 41.1 Å². The lowest BCUT2D eigenvalue weighted by Gasteiger charge is -2.12. The van der Waals surface area contributed by atoms with Gasteiger partial charge in [0.05, 0.1) is 16.4 Å². The van der Waals surface area contributed by atoms with Crippen molar-refractivity contribution in [2.75, 3.05) is 5.32 Å². The first-order valence-corrected chi connectivity index (χ1v) is 9.01. The Hall–Kier alpha value is -3.46. The Labute approximate surface area is 164 Å². The van der Waals surface area contributed by atoms with E-state index in [0.717, 1.165) is 22.2 Å². The summed E-state index contributed by atoms with van der Waals surface area (Å²) in [6.07, 6.45) is 1.61. The summed E-state index contributed by atoms with van der Waals surface area (Å²) in [5.41, 5.74) is 1.92. The van der Waals surface area contributed by atoms with Crippen LogP contribution in [0.3, 0.4) is 0 Å². The number of nitrogens with zero attached hydrogens (tertiary/aromatic N) is 2. The maximum Gasteiger partial charge on any atom is 0.293 e. The second-order valence-electron chi connectivity index (χ2n) is 5.99. The standard InChI is InChI=1S/C19H15N3O5S/c1-12(23)20-15-6-2-13(3-7-15)10-17-18(24)21(19(25)28-17)11-14-4-8-16(9-5-14)22(26)27/h2-10H,11H2,1H3,(H,20,23)/b17-10+. The van der Waals surface area contributed by atoms with Crippen molar-refractivity contribution in [3.63, 3.8) is 0 Å². The number of imide groups is 1. The monoisotopic (exact) mass is 397 g/mol. The van der Waals surface area contributed by atoms with E-state index in [1.807, 2.05) is 0 Å². The normalized spacial score (nSPS) is 15.2. The molecule has 8 nitrogen and oxygen atoms in total. The number of carbonyl (C=O) groups is 3. The molecule has 0 saturated carbocycles. The van der Waals surface area contributed by atoms with Gasteiger partial charge in [0.15, 0.2) is 0 Å². The second kappa shape index (κ2) is 8.05. The third-order valence-corrected chi connectivity index (χ3v) is 4.80. The van der Waals surface area contributed by atoms with Crippen LogP contribution in [-0.2, 0) is 16.1 Å². The third kappa shape index (κ3) is 4.44. The predicted octanol–water partition coefficient (Wildman–Crippen LogP) is 3.79. The van der Waals surface area contributed by atoms with Gasteiger partial charge in [-0.25, -0.2) is 0 Å². The van der Waals surface area contributed by atoms with Gasteiger partial charge < -0.3 is 5.32 Å². The number of hydrogen-bond donors (Lipinski definition) is 1. The van der Waals surface area contributed by atoms with Gasteiger partial charge in [0.25, 0.3) is 16.8 Å². The van der Waals surface area contributed by atoms with E-state index >= 15 is 0 Å². The summed E-state index contributed by atoms with van der Waals surface area (Å²) in [6, 6.07) is 12.6. The molecule has 142 valence electrons. The molecule has 28 heavy (non-hydrogen) atoms. The lowest BCUT2D eigenvalue weighted by molar-refractivity contribution is -0.384. The van der Waals surface area contributed by atoms with Crippen molar-refractivity contribution in [3.8, 4) is 0 Å². The SMILES string of the molecule is CC(=O)Nc1ccc(/C=C2/SC(=O)N(Cc3ccc([N+](=O)[O-])cc3)C2=O)cc1. The summed E-state index contributed by atoms with van der Waals surface area (Å²) < 4.78 is 0. The van der Waals surface area contributed by atoms with Crippen molar-refractivity contribution in [1.82, 2.24) is 4.90 Å². The number of carbonyl (C=O) groups excluding carboxylic acids is 3. The highest BCUT2D eigenvalue weighted by Gasteiger charge is 2.35. The quantitative estimate of drug-likeness (QED) is 0.467. The Bertz CT molecular complexity index is 984. The first kappa shape index (κ1) is 19.3. The number of anilines is 1. The second-order valence-corrected chi connectivity index (χ2v) is 6.99. The fraction of sp³-hybridized carbons (Fsp3) is 0.105. The molecule has 1 N–H and O–H groups in total. The highest BCUT2D eigenvalue weighted by Crippen LogP contribution is 2.33. The zero-order valence-electron chi connectivity index (χ0n) is 14.7. The summed E-state index contributed by atoms with van der Waals surface area (Å²) in [5.74, 6) is -0.598. The predicted molar refractivity (Wildman–Crippen MR) is 105 cm³/mol. The molecule has 0 unspecified atom stereocenters. The van der Waals surface area contributed by atoms with Gasteiger partial charge in [0.2, 0.25) is 5.91 Å². The number of nitro groups is 1. The van der Waals surface area contributed by atoms with Crippen LogP contribution in [0.2, 0.25) is 0 Å². The molecule has 1 aliphatic rings. The van der Waals surface area contributed by atoms with E-state index in [-0.39, 0.29) is 18.1 Å². The molecule has 0 bridgehead atoms. The molecule has 1 fully saturated rings. The van der Waals surface area contributed by atoms with Crippen LogP contribution in [0.15, 0.2) is 53.4 Å². The molecule has 0 atom stereocenters. The zero-order chi connectivity index (χ0) is 20.3. The molecule has 0 aliphatic carbocycles. The van der Waals surface area contributed by atoms with Crippen LogP contribution in [0.1, 0.15) is 18.1 Å². The van der Waals surface area contributed by atoms with Gasteiger partial charge in [-0.3, -0.25) is 29.4 Å². The van der Waals surface area contributed by atoms with E-state index < -0.39 is 16.1 Å². The topological polar surface area (TPSA) is 110 Å². The molecule has 0 spiro atoms. The van der Waals surface area contributed by atoms with Crippen molar-refractivity contribution in [1.29, 1.82) is 0 Å². The number of nitro benzene ring substituents is 1. The number of amides is 3. The Kier molecular flexibility index (Phi) is 5.55. The third-order valence-electron chi connectivity index (χ3n) is 3.89. The number of benzene rings is 2. The fourth-order valence-electron chi connectivity index (χ4n) is 2.56. The minimum absolute atomic E-state index is 0.0431. The number of nitrogens with one attached hydrogen (secondary N) is 1. The van der Waals surface area contributed by atoms with Crippen LogP contribution in [0, 0.1) is 10.1 Å². The van der Waals surface area contributed by atoms with Gasteiger partial charge >= 0.3 is 0 Å². The minimum atomic E-state index is -0.510. The first-order chi connectivity index (χ1) is 13.3. The smallest absolute Gasteiger partial charge is 0.293 e. The van der Waals surface area contributed by atoms with E-state index in [4.69, 9.17) is 0 Å². The molecular formula is C19H15N3O5S. The highest BCUT2D eigenvalue weighted by molar-refractivity contribution is 8.18. The average Bonchev–Trinajstić information content (AvgIpc) is 2.91. The minimum Gasteiger partial charge on any atom is -0.326 e. The fourth-order valence-corrected chi connectivity index (χ4v) is 3.40. The van der Waals surface area contributed by atoms with Crippen LogP contribution in [0.25, 0.3) is 6.08 Å². The summed E-state index contributed by atoms with van der Waals surface area (Å²) in [6.45, 7) is 1.45. The van der Waals surface area contributed by atoms with Gasteiger partial charge in [0.1, 0.15) is 0 Å². The van der Waals surface area contributed by atoms with E-state index in [2.05, 4.69) is 5.32 Å². The van der Waals surface area contributed by atoms with Crippen LogP contribution >= 0.6 is 11.8 Å². The molecule has 9 heteroatoms. The van der Waals surface area contributed by atoms with Crippen molar-refractivity contribution < 1.29 is 19.3 Å². The van der Waals surface area contributed by atoms with E-state index in [0.29, 0.717) is 16.2 Å². The molecule has 2 aromatic rings. The largest absolute Gasteiger partial charge is 0.326 e. The Morgan fingerprint density at radius 3 is 2.36 bits per heavy atom. The average molecular weight is 397 g/mol. The molecule has 3 rings (SSSR count). The van der Waals surface area contributed by atoms with E-state index in [9.17, 15) is 24.5 Å². The highest BCUT2D eigenvalue weighted by atomic mass is 32.2. The number of rotatable bonds is 5. The van der Waals surface area contributed by atoms with Gasteiger partial charge in [-0.15, -0.1) is 0 Å². The Morgan fingerprint density at radius 2 is 1.79 bits per heavy atom. The maximum absolute atomic E-state index is 12.6. The zero-order valence-corrected chi connectivity index (χ0v) is 15.6. The number of non-ortho nitro benzene ring substituents is 1.